The first kappa shape index (κ1) is 14.5. The molecule has 0 spiro atoms. The molecule has 0 saturated carbocycles. The number of hydrogen-bond acceptors (Lipinski definition) is 5. The van der Waals surface area contributed by atoms with E-state index in [0.717, 1.165) is 38.4 Å². The molecule has 124 valence electrons. The van der Waals surface area contributed by atoms with Gasteiger partial charge in [0.1, 0.15) is 0 Å². The summed E-state index contributed by atoms with van der Waals surface area (Å²) in [6.45, 7) is 4.29. The van der Waals surface area contributed by atoms with Gasteiger partial charge >= 0.3 is 0 Å². The van der Waals surface area contributed by atoms with Crippen molar-refractivity contribution in [1.29, 1.82) is 0 Å². The third-order valence-corrected chi connectivity index (χ3v) is 5.34. The maximum absolute atomic E-state index is 12.9. The SMILES string of the molecule is Cc1cc(C)c2nc3s/c(=C\c4ccc5c(c4)OCO5)c(=O)n3c2c1. The molecule has 5 rings (SSSR count). The summed E-state index contributed by atoms with van der Waals surface area (Å²) in [5.74, 6) is 1.44. The molecular formula is C19H14N2O3S. The molecular weight excluding hydrogens is 336 g/mol. The van der Waals surface area contributed by atoms with Gasteiger partial charge in [0.05, 0.1) is 15.6 Å². The fourth-order valence-electron chi connectivity index (χ4n) is 3.26. The van der Waals surface area contributed by atoms with Gasteiger partial charge < -0.3 is 9.47 Å². The highest BCUT2D eigenvalue weighted by atomic mass is 32.1. The Balaban J connectivity index is 1.75. The van der Waals surface area contributed by atoms with Crippen LogP contribution in [0.25, 0.3) is 22.1 Å². The maximum atomic E-state index is 12.9. The van der Waals surface area contributed by atoms with Gasteiger partial charge in [-0.25, -0.2) is 9.38 Å². The van der Waals surface area contributed by atoms with Crippen molar-refractivity contribution in [2.24, 2.45) is 0 Å². The standard InChI is InChI=1S/C19H14N2O3S/c1-10-5-11(2)17-13(6-10)21-18(22)16(25-19(21)20-17)8-12-3-4-14-15(7-12)24-9-23-14/h3-8H,9H2,1-2H3/b16-8-. The van der Waals surface area contributed by atoms with E-state index in [2.05, 4.69) is 11.1 Å². The fourth-order valence-corrected chi connectivity index (χ4v) is 4.24. The lowest BCUT2D eigenvalue weighted by atomic mass is 10.1. The quantitative estimate of drug-likeness (QED) is 0.530. The van der Waals surface area contributed by atoms with E-state index in [1.807, 2.05) is 44.2 Å². The first-order valence-electron chi connectivity index (χ1n) is 7.94. The van der Waals surface area contributed by atoms with Gasteiger partial charge in [-0.05, 0) is 54.8 Å². The summed E-state index contributed by atoms with van der Waals surface area (Å²) in [4.78, 5) is 18.3. The van der Waals surface area contributed by atoms with Crippen molar-refractivity contribution < 1.29 is 9.47 Å². The van der Waals surface area contributed by atoms with Crippen LogP contribution >= 0.6 is 11.3 Å². The summed E-state index contributed by atoms with van der Waals surface area (Å²) < 4.78 is 13.1. The van der Waals surface area contributed by atoms with Gasteiger partial charge in [-0.2, -0.15) is 0 Å². The van der Waals surface area contributed by atoms with Gasteiger partial charge in [-0.15, -0.1) is 0 Å². The largest absolute Gasteiger partial charge is 0.454 e. The summed E-state index contributed by atoms with van der Waals surface area (Å²) in [5, 5.41) is 0. The average Bonchev–Trinajstić information content (AvgIpc) is 3.24. The third kappa shape index (κ3) is 2.14. The lowest BCUT2D eigenvalue weighted by Gasteiger charge is -1.98. The highest BCUT2D eigenvalue weighted by molar-refractivity contribution is 7.15. The third-order valence-electron chi connectivity index (χ3n) is 4.37. The molecule has 0 atom stereocenters. The van der Waals surface area contributed by atoms with E-state index in [4.69, 9.17) is 9.47 Å². The molecule has 0 radical (unpaired) electrons. The number of aromatic nitrogens is 2. The number of hydrogen-bond donors (Lipinski definition) is 0. The normalized spacial score (nSPS) is 14.1. The topological polar surface area (TPSA) is 52.8 Å². The number of ether oxygens (including phenoxy) is 2. The Morgan fingerprint density at radius 2 is 2.00 bits per heavy atom. The average molecular weight is 350 g/mol. The van der Waals surface area contributed by atoms with Crippen LogP contribution < -0.4 is 19.6 Å². The van der Waals surface area contributed by atoms with Crippen molar-refractivity contribution in [3.8, 4) is 11.5 Å². The van der Waals surface area contributed by atoms with Crippen molar-refractivity contribution in [3.63, 3.8) is 0 Å². The molecule has 2 aromatic heterocycles. The second-order valence-corrected chi connectivity index (χ2v) is 7.22. The van der Waals surface area contributed by atoms with Crippen LogP contribution in [0.15, 0.2) is 35.1 Å². The zero-order chi connectivity index (χ0) is 17.1. The van der Waals surface area contributed by atoms with E-state index in [-0.39, 0.29) is 12.4 Å². The van der Waals surface area contributed by atoms with Gasteiger partial charge in [-0.1, -0.05) is 23.5 Å². The van der Waals surface area contributed by atoms with Crippen LogP contribution in [-0.2, 0) is 0 Å². The van der Waals surface area contributed by atoms with Crippen LogP contribution in [-0.4, -0.2) is 16.2 Å². The van der Waals surface area contributed by atoms with Crippen molar-refractivity contribution in [2.45, 2.75) is 13.8 Å². The van der Waals surface area contributed by atoms with E-state index in [0.29, 0.717) is 10.3 Å². The zero-order valence-corrected chi connectivity index (χ0v) is 14.5. The minimum Gasteiger partial charge on any atom is -0.454 e. The van der Waals surface area contributed by atoms with E-state index >= 15 is 0 Å². The molecule has 2 aromatic carbocycles. The summed E-state index contributed by atoms with van der Waals surface area (Å²) in [6, 6.07) is 9.77. The molecule has 25 heavy (non-hydrogen) atoms. The predicted molar refractivity (Wildman–Crippen MR) is 97.7 cm³/mol. The Labute approximate surface area is 146 Å². The minimum absolute atomic E-state index is 0.0369. The van der Waals surface area contributed by atoms with Gasteiger partial charge in [0.15, 0.2) is 16.5 Å². The van der Waals surface area contributed by atoms with Crippen molar-refractivity contribution in [3.05, 3.63) is 61.9 Å². The van der Waals surface area contributed by atoms with Gasteiger partial charge in [-0.3, -0.25) is 4.79 Å². The van der Waals surface area contributed by atoms with E-state index in [9.17, 15) is 4.79 Å². The zero-order valence-electron chi connectivity index (χ0n) is 13.7. The second-order valence-electron chi connectivity index (χ2n) is 6.21. The molecule has 0 unspecified atom stereocenters. The number of imidazole rings is 1. The predicted octanol–water partition coefficient (Wildman–Crippen LogP) is 2.80. The summed E-state index contributed by atoms with van der Waals surface area (Å²) in [6.07, 6.45) is 1.87. The molecule has 0 saturated heterocycles. The second kappa shape index (κ2) is 5.07. The molecule has 5 nitrogen and oxygen atoms in total. The Hall–Kier alpha value is -2.86. The van der Waals surface area contributed by atoms with Crippen molar-refractivity contribution in [1.82, 2.24) is 9.38 Å². The minimum atomic E-state index is -0.0369. The number of rotatable bonds is 1. The van der Waals surface area contributed by atoms with Crippen LogP contribution in [0, 0.1) is 13.8 Å². The van der Waals surface area contributed by atoms with Crippen LogP contribution in [0.4, 0.5) is 0 Å². The lowest BCUT2D eigenvalue weighted by molar-refractivity contribution is 0.174. The fraction of sp³-hybridized carbons (Fsp3) is 0.158. The molecule has 4 aromatic rings. The van der Waals surface area contributed by atoms with E-state index in [1.165, 1.54) is 11.3 Å². The molecule has 0 amide bonds. The maximum Gasteiger partial charge on any atom is 0.274 e. The van der Waals surface area contributed by atoms with Crippen molar-refractivity contribution >= 4 is 33.4 Å². The molecule has 1 aliphatic rings. The van der Waals surface area contributed by atoms with Crippen LogP contribution in [0.2, 0.25) is 0 Å². The summed E-state index contributed by atoms with van der Waals surface area (Å²) in [7, 11) is 0. The molecule has 6 heteroatoms. The first-order chi connectivity index (χ1) is 12.1. The van der Waals surface area contributed by atoms with E-state index in [1.54, 1.807) is 4.40 Å². The molecule has 0 N–H and O–H groups in total. The summed E-state index contributed by atoms with van der Waals surface area (Å²) in [5.41, 5.74) is 4.85. The Kier molecular flexibility index (Phi) is 2.93. The van der Waals surface area contributed by atoms with Crippen LogP contribution in [0.3, 0.4) is 0 Å². The highest BCUT2D eigenvalue weighted by Crippen LogP contribution is 2.32. The Morgan fingerprint density at radius 1 is 1.16 bits per heavy atom. The number of fused-ring (bicyclic) bond motifs is 4. The Bertz CT molecular complexity index is 1270. The molecule has 0 fully saturated rings. The Morgan fingerprint density at radius 3 is 2.88 bits per heavy atom. The number of nitrogens with zero attached hydrogens (tertiary/aromatic N) is 2. The van der Waals surface area contributed by atoms with Crippen LogP contribution in [0.5, 0.6) is 11.5 Å². The summed E-state index contributed by atoms with van der Waals surface area (Å²) >= 11 is 1.40. The van der Waals surface area contributed by atoms with Crippen molar-refractivity contribution in [2.75, 3.05) is 6.79 Å². The van der Waals surface area contributed by atoms with Crippen LogP contribution in [0.1, 0.15) is 16.7 Å². The smallest absolute Gasteiger partial charge is 0.274 e. The van der Waals surface area contributed by atoms with Gasteiger partial charge in [0, 0.05) is 0 Å². The molecule has 1 aliphatic heterocycles. The van der Waals surface area contributed by atoms with Gasteiger partial charge in [0.2, 0.25) is 6.79 Å². The molecule has 0 bridgehead atoms. The first-order valence-corrected chi connectivity index (χ1v) is 8.75. The molecule has 3 heterocycles. The molecule has 0 aliphatic carbocycles. The number of benzene rings is 2. The number of aryl methyl sites for hydroxylation is 2. The number of thiazole rings is 1. The lowest BCUT2D eigenvalue weighted by Crippen LogP contribution is -2.22. The van der Waals surface area contributed by atoms with E-state index < -0.39 is 0 Å². The monoisotopic (exact) mass is 350 g/mol. The van der Waals surface area contributed by atoms with Gasteiger partial charge in [0.25, 0.3) is 5.56 Å². The highest BCUT2D eigenvalue weighted by Gasteiger charge is 2.15.